The van der Waals surface area contributed by atoms with E-state index in [2.05, 4.69) is 40.3 Å². The Bertz CT molecular complexity index is 507. The lowest BCUT2D eigenvalue weighted by atomic mass is 10.0. The summed E-state index contributed by atoms with van der Waals surface area (Å²) in [6, 6.07) is 10.3. The summed E-state index contributed by atoms with van der Waals surface area (Å²) in [5.74, 6) is 0.896. The summed E-state index contributed by atoms with van der Waals surface area (Å²) in [6.07, 6.45) is 1.69. The lowest BCUT2D eigenvalue weighted by molar-refractivity contribution is 0.340. The number of rotatable bonds is 6. The van der Waals surface area contributed by atoms with Crippen molar-refractivity contribution in [2.75, 3.05) is 13.2 Å². The SMILES string of the molecule is CCNC(c1ccc(OCC)cc1)c1ccoc1Br. The fraction of sp³-hybridized carbons (Fsp3) is 0.333. The highest BCUT2D eigenvalue weighted by Crippen LogP contribution is 2.30. The van der Waals surface area contributed by atoms with Gasteiger partial charge in [0.25, 0.3) is 0 Å². The van der Waals surface area contributed by atoms with E-state index in [0.29, 0.717) is 6.61 Å². The van der Waals surface area contributed by atoms with Crippen LogP contribution in [-0.2, 0) is 0 Å². The van der Waals surface area contributed by atoms with E-state index >= 15 is 0 Å². The summed E-state index contributed by atoms with van der Waals surface area (Å²) in [4.78, 5) is 0. The Morgan fingerprint density at radius 2 is 1.95 bits per heavy atom. The molecule has 0 spiro atoms. The van der Waals surface area contributed by atoms with E-state index < -0.39 is 0 Å². The molecule has 0 fully saturated rings. The molecule has 1 unspecified atom stereocenters. The molecule has 102 valence electrons. The van der Waals surface area contributed by atoms with Gasteiger partial charge in [-0.3, -0.25) is 0 Å². The zero-order valence-corrected chi connectivity index (χ0v) is 12.7. The largest absolute Gasteiger partial charge is 0.494 e. The maximum atomic E-state index is 5.47. The molecule has 0 aliphatic carbocycles. The first-order valence-electron chi connectivity index (χ1n) is 6.45. The Hall–Kier alpha value is -1.26. The molecule has 1 heterocycles. The molecule has 1 aromatic carbocycles. The fourth-order valence-corrected chi connectivity index (χ4v) is 2.51. The van der Waals surface area contributed by atoms with Crippen LogP contribution in [0.4, 0.5) is 0 Å². The van der Waals surface area contributed by atoms with E-state index in [9.17, 15) is 0 Å². The Labute approximate surface area is 122 Å². The molecule has 0 saturated heterocycles. The molecule has 0 aliphatic rings. The first-order chi connectivity index (χ1) is 9.26. The normalized spacial score (nSPS) is 12.4. The average Bonchev–Trinajstić information content (AvgIpc) is 2.84. The van der Waals surface area contributed by atoms with Crippen LogP contribution in [-0.4, -0.2) is 13.2 Å². The van der Waals surface area contributed by atoms with Gasteiger partial charge in [0.2, 0.25) is 0 Å². The number of hydrogen-bond acceptors (Lipinski definition) is 3. The number of ether oxygens (including phenoxy) is 1. The van der Waals surface area contributed by atoms with Crippen molar-refractivity contribution in [1.82, 2.24) is 5.32 Å². The third-order valence-electron chi connectivity index (χ3n) is 2.89. The summed E-state index contributed by atoms with van der Waals surface area (Å²) in [5, 5.41) is 3.46. The van der Waals surface area contributed by atoms with Gasteiger partial charge in [-0.25, -0.2) is 0 Å². The van der Waals surface area contributed by atoms with Crippen LogP contribution in [0.1, 0.15) is 31.0 Å². The van der Waals surface area contributed by atoms with Gasteiger partial charge in [-0.1, -0.05) is 19.1 Å². The van der Waals surface area contributed by atoms with Crippen molar-refractivity contribution in [2.24, 2.45) is 0 Å². The molecule has 1 aromatic heterocycles. The molecule has 19 heavy (non-hydrogen) atoms. The van der Waals surface area contributed by atoms with Gasteiger partial charge in [0.15, 0.2) is 4.67 Å². The van der Waals surface area contributed by atoms with Crippen molar-refractivity contribution in [3.8, 4) is 5.75 Å². The topological polar surface area (TPSA) is 34.4 Å². The van der Waals surface area contributed by atoms with Crippen LogP contribution < -0.4 is 10.1 Å². The number of halogens is 1. The van der Waals surface area contributed by atoms with Crippen LogP contribution in [0.15, 0.2) is 45.7 Å². The summed E-state index contributed by atoms with van der Waals surface area (Å²) in [6.45, 7) is 5.65. The summed E-state index contributed by atoms with van der Waals surface area (Å²) < 4.78 is 11.6. The zero-order chi connectivity index (χ0) is 13.7. The maximum absolute atomic E-state index is 5.47. The molecule has 2 aromatic rings. The lowest BCUT2D eigenvalue weighted by Crippen LogP contribution is -2.21. The monoisotopic (exact) mass is 323 g/mol. The van der Waals surface area contributed by atoms with Crippen molar-refractivity contribution < 1.29 is 9.15 Å². The zero-order valence-electron chi connectivity index (χ0n) is 11.2. The third kappa shape index (κ3) is 3.39. The van der Waals surface area contributed by atoms with Crippen molar-refractivity contribution in [1.29, 1.82) is 0 Å². The van der Waals surface area contributed by atoms with Gasteiger partial charge in [-0.05, 0) is 53.2 Å². The highest BCUT2D eigenvalue weighted by molar-refractivity contribution is 9.10. The molecule has 3 nitrogen and oxygen atoms in total. The first-order valence-corrected chi connectivity index (χ1v) is 7.24. The summed E-state index contributed by atoms with van der Waals surface area (Å²) in [5.41, 5.74) is 2.29. The molecule has 2 rings (SSSR count). The molecular formula is C15H18BrNO2. The Kier molecular flexibility index (Phi) is 5.05. The summed E-state index contributed by atoms with van der Waals surface area (Å²) >= 11 is 3.44. The van der Waals surface area contributed by atoms with E-state index in [4.69, 9.17) is 9.15 Å². The fourth-order valence-electron chi connectivity index (χ4n) is 2.04. The van der Waals surface area contributed by atoms with Gasteiger partial charge in [-0.15, -0.1) is 0 Å². The number of benzene rings is 1. The van der Waals surface area contributed by atoms with E-state index in [0.717, 1.165) is 22.5 Å². The predicted octanol–water partition coefficient (Wildman–Crippen LogP) is 4.14. The van der Waals surface area contributed by atoms with Crippen molar-refractivity contribution in [2.45, 2.75) is 19.9 Å². The second-order valence-electron chi connectivity index (χ2n) is 4.14. The van der Waals surface area contributed by atoms with Gasteiger partial charge in [0.05, 0.1) is 18.9 Å². The molecule has 0 aliphatic heterocycles. The lowest BCUT2D eigenvalue weighted by Gasteiger charge is -2.18. The average molecular weight is 324 g/mol. The molecule has 1 atom stereocenters. The molecule has 4 heteroatoms. The van der Waals surface area contributed by atoms with Crippen molar-refractivity contribution in [3.05, 3.63) is 52.4 Å². The van der Waals surface area contributed by atoms with Crippen LogP contribution in [0.25, 0.3) is 0 Å². The van der Waals surface area contributed by atoms with E-state index in [1.165, 1.54) is 5.56 Å². The molecule has 0 amide bonds. The summed E-state index contributed by atoms with van der Waals surface area (Å²) in [7, 11) is 0. The van der Waals surface area contributed by atoms with Gasteiger partial charge in [0, 0.05) is 5.56 Å². The minimum absolute atomic E-state index is 0.119. The highest BCUT2D eigenvalue weighted by atomic mass is 79.9. The van der Waals surface area contributed by atoms with Gasteiger partial charge in [-0.2, -0.15) is 0 Å². The smallest absolute Gasteiger partial charge is 0.174 e. The Morgan fingerprint density at radius 3 is 2.47 bits per heavy atom. The van der Waals surface area contributed by atoms with Crippen molar-refractivity contribution in [3.63, 3.8) is 0 Å². The first kappa shape index (κ1) is 14.2. The quantitative estimate of drug-likeness (QED) is 0.867. The molecule has 0 radical (unpaired) electrons. The van der Waals surface area contributed by atoms with Gasteiger partial charge < -0.3 is 14.5 Å². The van der Waals surface area contributed by atoms with Gasteiger partial charge in [0.1, 0.15) is 5.75 Å². The number of hydrogen-bond donors (Lipinski definition) is 1. The Balaban J connectivity index is 2.26. The second kappa shape index (κ2) is 6.78. The minimum Gasteiger partial charge on any atom is -0.494 e. The Morgan fingerprint density at radius 1 is 1.21 bits per heavy atom. The molecular weight excluding hydrogens is 306 g/mol. The van der Waals surface area contributed by atoms with E-state index in [-0.39, 0.29) is 6.04 Å². The van der Waals surface area contributed by atoms with Crippen LogP contribution in [0.5, 0.6) is 5.75 Å². The molecule has 0 bridgehead atoms. The van der Waals surface area contributed by atoms with Crippen LogP contribution >= 0.6 is 15.9 Å². The molecule has 0 saturated carbocycles. The third-order valence-corrected chi connectivity index (χ3v) is 3.53. The maximum Gasteiger partial charge on any atom is 0.174 e. The minimum atomic E-state index is 0.119. The highest BCUT2D eigenvalue weighted by Gasteiger charge is 2.17. The van der Waals surface area contributed by atoms with E-state index in [1.54, 1.807) is 6.26 Å². The standard InChI is InChI=1S/C15H18BrNO2/c1-3-17-14(13-9-10-19-15(13)16)11-5-7-12(8-6-11)18-4-2/h5-10,14,17H,3-4H2,1-2H3. The van der Waals surface area contributed by atoms with Crippen LogP contribution in [0, 0.1) is 0 Å². The van der Waals surface area contributed by atoms with Crippen LogP contribution in [0.2, 0.25) is 0 Å². The number of furan rings is 1. The van der Waals surface area contributed by atoms with Gasteiger partial charge >= 0.3 is 0 Å². The number of nitrogens with one attached hydrogen (secondary N) is 1. The van der Waals surface area contributed by atoms with Crippen LogP contribution in [0.3, 0.4) is 0 Å². The second-order valence-corrected chi connectivity index (χ2v) is 4.86. The van der Waals surface area contributed by atoms with Crippen molar-refractivity contribution >= 4 is 15.9 Å². The molecule has 1 N–H and O–H groups in total. The predicted molar refractivity (Wildman–Crippen MR) is 79.5 cm³/mol. The van der Waals surface area contributed by atoms with E-state index in [1.807, 2.05) is 25.1 Å².